The molecule has 204 valence electrons. The molecule has 1 aliphatic carbocycles. The number of ether oxygens (including phenoxy) is 1. The Kier molecular flexibility index (Phi) is 9.36. The Morgan fingerprint density at radius 2 is 1.63 bits per heavy atom. The first-order valence-electron chi connectivity index (χ1n) is 12.7. The minimum Gasteiger partial charge on any atom is -0.465 e. The van der Waals surface area contributed by atoms with Gasteiger partial charge >= 0.3 is 18.1 Å². The van der Waals surface area contributed by atoms with Crippen LogP contribution in [0.4, 0.5) is 13.2 Å². The summed E-state index contributed by atoms with van der Waals surface area (Å²) in [4.78, 5) is 38.6. The van der Waals surface area contributed by atoms with Gasteiger partial charge in [0.05, 0.1) is 12.7 Å². The molecule has 2 aliphatic rings. The summed E-state index contributed by atoms with van der Waals surface area (Å²) in [5.74, 6) is -2.86. The van der Waals surface area contributed by atoms with E-state index in [9.17, 15) is 27.6 Å². The molecule has 4 rings (SSSR count). The molecule has 2 unspecified atom stereocenters. The van der Waals surface area contributed by atoms with E-state index in [2.05, 4.69) is 4.74 Å². The number of hydrogen-bond donors (Lipinski definition) is 0. The van der Waals surface area contributed by atoms with Gasteiger partial charge in [-0.15, -0.1) is 0 Å². The Bertz CT molecular complexity index is 1150. The lowest BCUT2D eigenvalue weighted by Crippen LogP contribution is -2.56. The molecule has 1 saturated carbocycles. The van der Waals surface area contributed by atoms with E-state index in [0.717, 1.165) is 16.0 Å². The van der Waals surface area contributed by atoms with Crippen molar-refractivity contribution in [3.05, 3.63) is 76.9 Å². The van der Waals surface area contributed by atoms with Gasteiger partial charge in [-0.05, 0) is 42.7 Å². The quantitative estimate of drug-likeness (QED) is 0.363. The zero-order valence-electron chi connectivity index (χ0n) is 22.0. The van der Waals surface area contributed by atoms with Gasteiger partial charge in [0.1, 0.15) is 0 Å². The molecule has 0 spiro atoms. The lowest BCUT2D eigenvalue weighted by molar-refractivity contribution is -0.187. The number of aryl methyl sites for hydroxylation is 1. The number of halogens is 3. The Hall–Kier alpha value is -3.62. The predicted molar refractivity (Wildman–Crippen MR) is 138 cm³/mol. The predicted octanol–water partition coefficient (Wildman–Crippen LogP) is 5.23. The van der Waals surface area contributed by atoms with Gasteiger partial charge in [0.2, 0.25) is 5.91 Å². The minimum atomic E-state index is -4.94. The first kappa shape index (κ1) is 28.9. The molecule has 2 aromatic carbocycles. The van der Waals surface area contributed by atoms with E-state index in [-0.39, 0.29) is 37.4 Å². The fraction of sp³-hybridized carbons (Fsp3) is 0.414. The average molecular weight is 531 g/mol. The molecule has 1 aliphatic heterocycles. The maximum Gasteiger partial charge on any atom is 0.471 e. The van der Waals surface area contributed by atoms with E-state index in [1.54, 1.807) is 30.3 Å². The fourth-order valence-corrected chi connectivity index (χ4v) is 4.49. The average Bonchev–Trinajstić information content (AvgIpc) is 3.68. The van der Waals surface area contributed by atoms with E-state index >= 15 is 0 Å². The van der Waals surface area contributed by atoms with Crippen molar-refractivity contribution in [2.24, 2.45) is 5.92 Å². The van der Waals surface area contributed by atoms with E-state index in [1.807, 2.05) is 45.0 Å². The van der Waals surface area contributed by atoms with Crippen LogP contribution in [0.1, 0.15) is 53.2 Å². The summed E-state index contributed by atoms with van der Waals surface area (Å²) in [6.07, 6.45) is -1.45. The van der Waals surface area contributed by atoms with Crippen LogP contribution in [0.3, 0.4) is 0 Å². The van der Waals surface area contributed by atoms with E-state index in [4.69, 9.17) is 0 Å². The number of hydrogen-bond acceptors (Lipinski definition) is 4. The molecule has 0 bridgehead atoms. The van der Waals surface area contributed by atoms with Crippen LogP contribution < -0.4 is 0 Å². The molecule has 2 amide bonds. The number of carbonyl (C=O) groups is 3. The highest BCUT2D eigenvalue weighted by molar-refractivity contribution is 5.93. The number of rotatable bonds is 7. The summed E-state index contributed by atoms with van der Waals surface area (Å²) in [6.45, 7) is 6.48. The fourth-order valence-electron chi connectivity index (χ4n) is 4.49. The first-order chi connectivity index (χ1) is 18.1. The van der Waals surface area contributed by atoms with Gasteiger partial charge in [-0.2, -0.15) is 13.2 Å². The molecular weight excluding hydrogens is 497 g/mol. The SMILES string of the molecule is CC.COC(=O)c1ccc(/C=C/C(=O)N2CC(CN(C(=O)C(F)(F)F)C3CC3c3ccc(C)cc3)C2)cc1. The molecule has 1 saturated heterocycles. The molecular formula is C29H33F3N2O4. The highest BCUT2D eigenvalue weighted by Crippen LogP contribution is 2.46. The van der Waals surface area contributed by atoms with Crippen molar-refractivity contribution in [2.45, 2.75) is 45.3 Å². The number of benzene rings is 2. The van der Waals surface area contributed by atoms with E-state index in [1.165, 1.54) is 18.1 Å². The van der Waals surface area contributed by atoms with Crippen molar-refractivity contribution < 1.29 is 32.3 Å². The summed E-state index contributed by atoms with van der Waals surface area (Å²) in [5, 5.41) is 0. The standard InChI is InChI=1S/C27H27F3N2O4.C2H6/c1-17-3-8-20(9-4-17)22-13-23(22)32(26(35)27(28,29)30)16-19-14-31(15-19)24(33)12-7-18-5-10-21(11-6-18)25(34)36-2;1-2/h3-12,19,22-23H,13-16H2,1-2H3;1-2H3/b12-7+;. The lowest BCUT2D eigenvalue weighted by atomic mass is 9.98. The van der Waals surface area contributed by atoms with Crippen molar-refractivity contribution in [1.82, 2.24) is 9.80 Å². The van der Waals surface area contributed by atoms with Crippen LogP contribution in [0.2, 0.25) is 0 Å². The molecule has 2 aromatic rings. The molecule has 1 heterocycles. The second kappa shape index (κ2) is 12.3. The summed E-state index contributed by atoms with van der Waals surface area (Å²) in [6, 6.07) is 13.7. The number of likely N-dealkylation sites (tertiary alicyclic amines) is 1. The number of nitrogens with zero attached hydrogens (tertiary/aromatic N) is 2. The second-order valence-electron chi connectivity index (χ2n) is 9.33. The van der Waals surface area contributed by atoms with Crippen LogP contribution >= 0.6 is 0 Å². The maximum absolute atomic E-state index is 13.3. The Labute approximate surface area is 221 Å². The monoisotopic (exact) mass is 530 g/mol. The van der Waals surface area contributed by atoms with Crippen molar-refractivity contribution in [3.8, 4) is 0 Å². The first-order valence-corrected chi connectivity index (χ1v) is 12.7. The third-order valence-corrected chi connectivity index (χ3v) is 6.64. The maximum atomic E-state index is 13.3. The van der Waals surface area contributed by atoms with Crippen LogP contribution in [0.5, 0.6) is 0 Å². The zero-order chi connectivity index (χ0) is 28.0. The van der Waals surface area contributed by atoms with Crippen molar-refractivity contribution in [2.75, 3.05) is 26.7 Å². The summed E-state index contributed by atoms with van der Waals surface area (Å²) < 4.78 is 44.6. The van der Waals surface area contributed by atoms with Crippen LogP contribution in [-0.4, -0.2) is 66.5 Å². The van der Waals surface area contributed by atoms with E-state index < -0.39 is 24.1 Å². The topological polar surface area (TPSA) is 66.9 Å². The zero-order valence-corrected chi connectivity index (χ0v) is 22.0. The highest BCUT2D eigenvalue weighted by Gasteiger charge is 2.52. The van der Waals surface area contributed by atoms with Crippen LogP contribution in [0.15, 0.2) is 54.6 Å². The molecule has 0 aromatic heterocycles. The third kappa shape index (κ3) is 7.02. The molecule has 9 heteroatoms. The highest BCUT2D eigenvalue weighted by atomic mass is 19.4. The van der Waals surface area contributed by atoms with Gasteiger partial charge in [0, 0.05) is 43.6 Å². The number of amides is 2. The molecule has 38 heavy (non-hydrogen) atoms. The van der Waals surface area contributed by atoms with Crippen LogP contribution in [0, 0.1) is 12.8 Å². The molecule has 2 fully saturated rings. The third-order valence-electron chi connectivity index (χ3n) is 6.64. The van der Waals surface area contributed by atoms with Gasteiger partial charge in [-0.25, -0.2) is 4.79 Å². The smallest absolute Gasteiger partial charge is 0.465 e. The van der Waals surface area contributed by atoms with Gasteiger partial charge in [0.15, 0.2) is 0 Å². The lowest BCUT2D eigenvalue weighted by Gasteiger charge is -2.41. The Morgan fingerprint density at radius 1 is 1.03 bits per heavy atom. The summed E-state index contributed by atoms with van der Waals surface area (Å²) in [5.41, 5.74) is 3.10. The van der Waals surface area contributed by atoms with Crippen molar-refractivity contribution >= 4 is 23.9 Å². The molecule has 0 N–H and O–H groups in total. The second-order valence-corrected chi connectivity index (χ2v) is 9.33. The largest absolute Gasteiger partial charge is 0.471 e. The number of methoxy groups -OCH3 is 1. The number of alkyl halides is 3. The van der Waals surface area contributed by atoms with Crippen LogP contribution in [0.25, 0.3) is 6.08 Å². The molecule has 2 atom stereocenters. The van der Waals surface area contributed by atoms with Gasteiger partial charge in [-0.1, -0.05) is 55.8 Å². The van der Waals surface area contributed by atoms with E-state index in [0.29, 0.717) is 17.5 Å². The normalized spacial score (nSPS) is 18.8. The van der Waals surface area contributed by atoms with Crippen molar-refractivity contribution in [1.29, 1.82) is 0 Å². The summed E-state index contributed by atoms with van der Waals surface area (Å²) in [7, 11) is 1.29. The summed E-state index contributed by atoms with van der Waals surface area (Å²) >= 11 is 0. The van der Waals surface area contributed by atoms with Crippen molar-refractivity contribution in [3.63, 3.8) is 0 Å². The Morgan fingerprint density at radius 3 is 2.18 bits per heavy atom. The Balaban J connectivity index is 0.00000195. The van der Waals surface area contributed by atoms with Crippen LogP contribution in [-0.2, 0) is 14.3 Å². The van der Waals surface area contributed by atoms with Gasteiger partial charge in [0.25, 0.3) is 0 Å². The molecule has 0 radical (unpaired) electrons. The van der Waals surface area contributed by atoms with Gasteiger partial charge in [-0.3, -0.25) is 9.59 Å². The molecule has 6 nitrogen and oxygen atoms in total. The van der Waals surface area contributed by atoms with Gasteiger partial charge < -0.3 is 14.5 Å². The number of esters is 1. The minimum absolute atomic E-state index is 0.0339. The number of carbonyl (C=O) groups excluding carboxylic acids is 3.